The molecule has 116 valence electrons. The molecule has 0 unspecified atom stereocenters. The highest BCUT2D eigenvalue weighted by molar-refractivity contribution is 14.1. The van der Waals surface area contributed by atoms with Gasteiger partial charge in [0, 0.05) is 0 Å². The van der Waals surface area contributed by atoms with Crippen LogP contribution in [0.5, 0.6) is 11.5 Å². The zero-order chi connectivity index (χ0) is 16.1. The van der Waals surface area contributed by atoms with Gasteiger partial charge in [0.1, 0.15) is 12.4 Å². The molecule has 0 saturated carbocycles. The Morgan fingerprint density at radius 3 is 2.68 bits per heavy atom. The van der Waals surface area contributed by atoms with E-state index >= 15 is 0 Å². The molecule has 0 radical (unpaired) electrons. The van der Waals surface area contributed by atoms with Crippen molar-refractivity contribution in [2.45, 2.75) is 13.5 Å². The number of hydrogen-bond donors (Lipinski definition) is 1. The molecule has 0 aliphatic rings. The van der Waals surface area contributed by atoms with Crippen LogP contribution < -0.4 is 9.47 Å². The van der Waals surface area contributed by atoms with Gasteiger partial charge < -0.3 is 14.6 Å². The topological polar surface area (TPSA) is 55.8 Å². The third-order valence-corrected chi connectivity index (χ3v) is 3.63. The summed E-state index contributed by atoms with van der Waals surface area (Å²) in [4.78, 5) is 11.1. The van der Waals surface area contributed by atoms with Crippen LogP contribution in [0.2, 0.25) is 0 Å². The fourth-order valence-corrected chi connectivity index (χ4v) is 2.63. The lowest BCUT2D eigenvalue weighted by atomic mass is 10.2. The van der Waals surface area contributed by atoms with Gasteiger partial charge in [-0.25, -0.2) is 9.18 Å². The van der Waals surface area contributed by atoms with E-state index in [1.54, 1.807) is 19.1 Å². The van der Waals surface area contributed by atoms with E-state index in [-0.39, 0.29) is 18.0 Å². The maximum Gasteiger partial charge on any atom is 0.335 e. The Morgan fingerprint density at radius 1 is 1.27 bits per heavy atom. The molecule has 0 bridgehead atoms. The van der Waals surface area contributed by atoms with Crippen LogP contribution in [0.15, 0.2) is 36.4 Å². The minimum absolute atomic E-state index is 0.131. The first-order valence-corrected chi connectivity index (χ1v) is 7.66. The van der Waals surface area contributed by atoms with Crippen molar-refractivity contribution in [3.05, 3.63) is 56.9 Å². The molecule has 0 fully saturated rings. The van der Waals surface area contributed by atoms with Crippen molar-refractivity contribution in [2.75, 3.05) is 6.61 Å². The SMILES string of the molecule is CCOc1cc(C(=O)O)cc(I)c1OCc1cccc(F)c1. The van der Waals surface area contributed by atoms with Crippen molar-refractivity contribution in [1.82, 2.24) is 0 Å². The normalized spacial score (nSPS) is 10.3. The van der Waals surface area contributed by atoms with Gasteiger partial charge in [-0.3, -0.25) is 0 Å². The van der Waals surface area contributed by atoms with Crippen LogP contribution in [0, 0.1) is 9.39 Å². The molecule has 2 aromatic rings. The molecular weight excluding hydrogens is 402 g/mol. The maximum atomic E-state index is 13.2. The number of ether oxygens (including phenoxy) is 2. The number of hydrogen-bond acceptors (Lipinski definition) is 3. The fraction of sp³-hybridized carbons (Fsp3) is 0.188. The molecule has 2 aromatic carbocycles. The van der Waals surface area contributed by atoms with Crippen molar-refractivity contribution < 1.29 is 23.8 Å². The summed E-state index contributed by atoms with van der Waals surface area (Å²) < 4.78 is 24.9. The van der Waals surface area contributed by atoms with Gasteiger partial charge in [0.2, 0.25) is 0 Å². The van der Waals surface area contributed by atoms with Crippen LogP contribution >= 0.6 is 22.6 Å². The van der Waals surface area contributed by atoms with Crippen molar-refractivity contribution in [1.29, 1.82) is 0 Å². The Kier molecular flexibility index (Phi) is 5.59. The number of carboxylic acid groups (broad SMARTS) is 1. The highest BCUT2D eigenvalue weighted by atomic mass is 127. The smallest absolute Gasteiger partial charge is 0.335 e. The first-order valence-electron chi connectivity index (χ1n) is 6.58. The molecule has 0 atom stereocenters. The minimum Gasteiger partial charge on any atom is -0.490 e. The molecule has 4 nitrogen and oxygen atoms in total. The molecule has 0 aliphatic heterocycles. The summed E-state index contributed by atoms with van der Waals surface area (Å²) in [6, 6.07) is 9.04. The van der Waals surface area contributed by atoms with Gasteiger partial charge in [-0.15, -0.1) is 0 Å². The van der Waals surface area contributed by atoms with Gasteiger partial charge in [-0.1, -0.05) is 12.1 Å². The van der Waals surface area contributed by atoms with Gasteiger partial charge in [0.05, 0.1) is 15.7 Å². The highest BCUT2D eigenvalue weighted by Crippen LogP contribution is 2.35. The van der Waals surface area contributed by atoms with Crippen molar-refractivity contribution in [3.8, 4) is 11.5 Å². The molecule has 0 aromatic heterocycles. The first-order chi connectivity index (χ1) is 10.5. The summed E-state index contributed by atoms with van der Waals surface area (Å²) in [7, 11) is 0. The summed E-state index contributed by atoms with van der Waals surface area (Å²) in [6.45, 7) is 2.35. The second-order valence-corrected chi connectivity index (χ2v) is 5.60. The van der Waals surface area contributed by atoms with E-state index in [1.807, 2.05) is 22.6 Å². The predicted molar refractivity (Wildman–Crippen MR) is 88.0 cm³/mol. The predicted octanol–water partition coefficient (Wildman–Crippen LogP) is 4.11. The van der Waals surface area contributed by atoms with E-state index in [4.69, 9.17) is 14.6 Å². The van der Waals surface area contributed by atoms with Gasteiger partial charge >= 0.3 is 5.97 Å². The van der Waals surface area contributed by atoms with Gasteiger partial charge in [0.25, 0.3) is 0 Å². The number of halogens is 2. The number of aromatic carboxylic acids is 1. The minimum atomic E-state index is -1.03. The van der Waals surface area contributed by atoms with Crippen LogP contribution in [-0.2, 0) is 6.61 Å². The van der Waals surface area contributed by atoms with Gasteiger partial charge in [0.15, 0.2) is 11.5 Å². The van der Waals surface area contributed by atoms with E-state index in [0.717, 1.165) is 0 Å². The summed E-state index contributed by atoms with van der Waals surface area (Å²) >= 11 is 1.99. The first kappa shape index (κ1) is 16.5. The average Bonchev–Trinajstić information content (AvgIpc) is 2.46. The Balaban J connectivity index is 2.27. The molecule has 0 amide bonds. The lowest BCUT2D eigenvalue weighted by molar-refractivity contribution is 0.0696. The van der Waals surface area contributed by atoms with Crippen LogP contribution in [0.25, 0.3) is 0 Å². The van der Waals surface area contributed by atoms with Crippen molar-refractivity contribution in [2.24, 2.45) is 0 Å². The summed E-state index contributed by atoms with van der Waals surface area (Å²) in [5.74, 6) is -0.544. The average molecular weight is 416 g/mol. The van der Waals surface area contributed by atoms with E-state index < -0.39 is 5.97 Å². The van der Waals surface area contributed by atoms with Crippen molar-refractivity contribution >= 4 is 28.6 Å². The Hall–Kier alpha value is -1.83. The molecule has 2 rings (SSSR count). The number of carbonyl (C=O) groups is 1. The second kappa shape index (κ2) is 7.44. The molecule has 0 spiro atoms. The maximum absolute atomic E-state index is 13.2. The summed E-state index contributed by atoms with van der Waals surface area (Å²) in [6.07, 6.45) is 0. The zero-order valence-corrected chi connectivity index (χ0v) is 14.0. The monoisotopic (exact) mass is 416 g/mol. The summed E-state index contributed by atoms with van der Waals surface area (Å²) in [5, 5.41) is 9.09. The van der Waals surface area contributed by atoms with Crippen LogP contribution in [0.1, 0.15) is 22.8 Å². The van der Waals surface area contributed by atoms with E-state index in [9.17, 15) is 9.18 Å². The second-order valence-electron chi connectivity index (χ2n) is 4.44. The fourth-order valence-electron chi connectivity index (χ4n) is 1.88. The lowest BCUT2D eigenvalue weighted by Gasteiger charge is -2.14. The lowest BCUT2D eigenvalue weighted by Crippen LogP contribution is -2.05. The number of benzene rings is 2. The molecule has 0 heterocycles. The van der Waals surface area contributed by atoms with E-state index in [1.165, 1.54) is 24.3 Å². The van der Waals surface area contributed by atoms with Crippen molar-refractivity contribution in [3.63, 3.8) is 0 Å². The Morgan fingerprint density at radius 2 is 2.05 bits per heavy atom. The highest BCUT2D eigenvalue weighted by Gasteiger charge is 2.15. The zero-order valence-electron chi connectivity index (χ0n) is 11.8. The molecule has 0 saturated heterocycles. The number of carboxylic acids is 1. The molecule has 6 heteroatoms. The molecule has 0 aliphatic carbocycles. The van der Waals surface area contributed by atoms with Crippen LogP contribution in [-0.4, -0.2) is 17.7 Å². The van der Waals surface area contributed by atoms with E-state index in [2.05, 4.69) is 0 Å². The standard InChI is InChI=1S/C16H14FIO4/c1-2-21-14-8-11(16(19)20)7-13(18)15(14)22-9-10-4-3-5-12(17)6-10/h3-8H,2,9H2,1H3,(H,19,20). The number of rotatable bonds is 6. The van der Waals surface area contributed by atoms with Gasteiger partial charge in [-0.05, 0) is 59.3 Å². The van der Waals surface area contributed by atoms with Crippen LogP contribution in [0.3, 0.4) is 0 Å². The third-order valence-electron chi connectivity index (χ3n) is 2.83. The Labute approximate surface area is 141 Å². The third kappa shape index (κ3) is 4.09. The van der Waals surface area contributed by atoms with Gasteiger partial charge in [-0.2, -0.15) is 0 Å². The quantitative estimate of drug-likeness (QED) is 0.721. The molecular formula is C16H14FIO4. The largest absolute Gasteiger partial charge is 0.490 e. The van der Waals surface area contributed by atoms with Crippen LogP contribution in [0.4, 0.5) is 4.39 Å². The Bertz CT molecular complexity index is 688. The molecule has 1 N–H and O–H groups in total. The molecule has 22 heavy (non-hydrogen) atoms. The van der Waals surface area contributed by atoms with E-state index in [0.29, 0.717) is 27.2 Å². The summed E-state index contributed by atoms with van der Waals surface area (Å²) in [5.41, 5.74) is 0.812.